The van der Waals surface area contributed by atoms with Crippen molar-refractivity contribution in [2.24, 2.45) is 0 Å². The van der Waals surface area contributed by atoms with E-state index in [1.807, 2.05) is 6.92 Å². The van der Waals surface area contributed by atoms with Crippen molar-refractivity contribution in [1.82, 2.24) is 0 Å². The van der Waals surface area contributed by atoms with Crippen molar-refractivity contribution in [2.45, 2.75) is 6.92 Å². The van der Waals surface area contributed by atoms with E-state index in [1.165, 1.54) is 24.4 Å². The molecule has 7 heteroatoms. The van der Waals surface area contributed by atoms with Crippen molar-refractivity contribution in [3.05, 3.63) is 64.1 Å². The Bertz CT molecular complexity index is 718. The second kappa shape index (κ2) is 6.91. The highest BCUT2D eigenvalue weighted by molar-refractivity contribution is 6.31. The average molecular weight is 321 g/mol. The van der Waals surface area contributed by atoms with E-state index in [-0.39, 0.29) is 5.69 Å². The smallest absolute Gasteiger partial charge is 0.405 e. The number of carbonyl (C=O) groups excluding carboxylic acids is 2. The van der Waals surface area contributed by atoms with Crippen LogP contribution >= 0.6 is 11.6 Å². The molecule has 0 saturated heterocycles. The second-order valence-electron chi connectivity index (χ2n) is 4.50. The lowest BCUT2D eigenvalue weighted by Crippen LogP contribution is -2.35. The number of benzene rings is 1. The van der Waals surface area contributed by atoms with Gasteiger partial charge in [0.05, 0.1) is 0 Å². The van der Waals surface area contributed by atoms with Gasteiger partial charge in [0.15, 0.2) is 12.8 Å². The van der Waals surface area contributed by atoms with Crippen molar-refractivity contribution in [2.75, 3.05) is 11.9 Å². The number of ether oxygens (including phenoxy) is 1. The van der Waals surface area contributed by atoms with Gasteiger partial charge >= 0.3 is 11.7 Å². The summed E-state index contributed by atoms with van der Waals surface area (Å²) in [4.78, 5) is 23.5. The first-order valence-corrected chi connectivity index (χ1v) is 6.76. The third kappa shape index (κ3) is 3.95. The van der Waals surface area contributed by atoms with E-state index in [0.717, 1.165) is 5.56 Å². The highest BCUT2D eigenvalue weighted by Crippen LogP contribution is 2.19. The van der Waals surface area contributed by atoms with Crippen molar-refractivity contribution in [1.29, 1.82) is 0 Å². The van der Waals surface area contributed by atoms with Gasteiger partial charge in [0.25, 0.3) is 5.91 Å². The van der Waals surface area contributed by atoms with Crippen LogP contribution in [0.25, 0.3) is 0 Å². The van der Waals surface area contributed by atoms with Gasteiger partial charge in [0.1, 0.15) is 0 Å². The molecule has 0 atom stereocenters. The van der Waals surface area contributed by atoms with Crippen LogP contribution in [-0.4, -0.2) is 18.5 Å². The largest absolute Gasteiger partial charge is 0.618 e. The number of aryl methyl sites for hydroxylation is 1. The van der Waals surface area contributed by atoms with E-state index >= 15 is 0 Å². The predicted octanol–water partition coefficient (Wildman–Crippen LogP) is 2.08. The molecular formula is C15H13ClN2O4. The first kappa shape index (κ1) is 15.8. The fourth-order valence-corrected chi connectivity index (χ4v) is 1.88. The second-order valence-corrected chi connectivity index (χ2v) is 4.93. The lowest BCUT2D eigenvalue weighted by molar-refractivity contribution is -0.608. The molecule has 0 bridgehead atoms. The van der Waals surface area contributed by atoms with Crippen LogP contribution in [0.2, 0.25) is 5.02 Å². The molecule has 0 aliphatic carbocycles. The minimum absolute atomic E-state index is 0.186. The Kier molecular flexibility index (Phi) is 4.95. The average Bonchev–Trinajstić information content (AvgIpc) is 2.49. The number of aromatic nitrogens is 1. The summed E-state index contributed by atoms with van der Waals surface area (Å²) in [6, 6.07) is 9.38. The van der Waals surface area contributed by atoms with Gasteiger partial charge in [0, 0.05) is 22.8 Å². The Morgan fingerprint density at radius 2 is 2.09 bits per heavy atom. The van der Waals surface area contributed by atoms with E-state index in [0.29, 0.717) is 15.4 Å². The molecule has 0 saturated carbocycles. The van der Waals surface area contributed by atoms with Gasteiger partial charge in [-0.2, -0.15) is 4.73 Å². The van der Waals surface area contributed by atoms with Crippen LogP contribution in [0.5, 0.6) is 0 Å². The number of anilines is 1. The molecule has 0 radical (unpaired) electrons. The molecule has 0 aliphatic heterocycles. The highest BCUT2D eigenvalue weighted by atomic mass is 35.5. The first-order valence-electron chi connectivity index (χ1n) is 6.38. The number of pyridine rings is 1. The zero-order valence-electron chi connectivity index (χ0n) is 11.7. The Balaban J connectivity index is 1.94. The summed E-state index contributed by atoms with van der Waals surface area (Å²) in [6.07, 6.45) is 1.17. The van der Waals surface area contributed by atoms with Gasteiger partial charge in [-0.15, -0.1) is 0 Å². The fraction of sp³-hybridized carbons (Fsp3) is 0.133. The van der Waals surface area contributed by atoms with Crippen LogP contribution < -0.4 is 10.0 Å². The number of nitrogens with one attached hydrogen (secondary N) is 1. The summed E-state index contributed by atoms with van der Waals surface area (Å²) >= 11 is 5.85. The number of nitrogens with zero attached hydrogens (tertiary/aromatic N) is 1. The molecule has 0 aliphatic rings. The maximum Gasteiger partial charge on any atom is 0.405 e. The molecule has 0 fully saturated rings. The van der Waals surface area contributed by atoms with Crippen molar-refractivity contribution >= 4 is 29.2 Å². The van der Waals surface area contributed by atoms with Crippen molar-refractivity contribution < 1.29 is 19.1 Å². The number of carbonyl (C=O) groups is 2. The van der Waals surface area contributed by atoms with E-state index in [1.54, 1.807) is 18.2 Å². The van der Waals surface area contributed by atoms with Crippen LogP contribution in [0.15, 0.2) is 42.6 Å². The minimum Gasteiger partial charge on any atom is -0.618 e. The SMILES string of the molecule is Cc1ccc(Cl)cc1NC(=O)COC(=O)c1cccc[n+]1[O-]. The van der Waals surface area contributed by atoms with Crippen LogP contribution in [0.1, 0.15) is 16.1 Å². The van der Waals surface area contributed by atoms with Gasteiger partial charge in [-0.25, -0.2) is 4.79 Å². The van der Waals surface area contributed by atoms with Gasteiger partial charge in [-0.05, 0) is 30.7 Å². The summed E-state index contributed by atoms with van der Waals surface area (Å²) in [5, 5.41) is 14.4. The molecular weight excluding hydrogens is 308 g/mol. The summed E-state index contributed by atoms with van der Waals surface area (Å²) < 4.78 is 5.18. The quantitative estimate of drug-likeness (QED) is 0.531. The molecule has 1 aromatic heterocycles. The lowest BCUT2D eigenvalue weighted by Gasteiger charge is -2.09. The molecule has 1 heterocycles. The molecule has 1 N–H and O–H groups in total. The summed E-state index contributed by atoms with van der Waals surface area (Å²) in [6.45, 7) is 1.31. The topological polar surface area (TPSA) is 82.3 Å². The number of rotatable bonds is 4. The Morgan fingerprint density at radius 3 is 2.82 bits per heavy atom. The van der Waals surface area contributed by atoms with Crippen molar-refractivity contribution in [3.63, 3.8) is 0 Å². The molecule has 1 aromatic carbocycles. The highest BCUT2D eigenvalue weighted by Gasteiger charge is 2.18. The molecule has 1 amide bonds. The molecule has 0 spiro atoms. The predicted molar refractivity (Wildman–Crippen MR) is 80.5 cm³/mol. The maximum absolute atomic E-state index is 11.8. The molecule has 2 aromatic rings. The Hall–Kier alpha value is -2.60. The first-order chi connectivity index (χ1) is 10.5. The van der Waals surface area contributed by atoms with Crippen molar-refractivity contribution in [3.8, 4) is 0 Å². The maximum atomic E-state index is 11.8. The zero-order valence-corrected chi connectivity index (χ0v) is 12.5. The molecule has 6 nitrogen and oxygen atoms in total. The summed E-state index contributed by atoms with van der Waals surface area (Å²) in [7, 11) is 0. The van der Waals surface area contributed by atoms with Gasteiger partial charge in [-0.1, -0.05) is 17.7 Å². The van der Waals surface area contributed by atoms with E-state index in [2.05, 4.69) is 5.32 Å². The lowest BCUT2D eigenvalue weighted by atomic mass is 10.2. The number of hydrogen-bond donors (Lipinski definition) is 1. The minimum atomic E-state index is -0.867. The Morgan fingerprint density at radius 1 is 1.32 bits per heavy atom. The number of esters is 1. The zero-order chi connectivity index (χ0) is 16.1. The third-order valence-electron chi connectivity index (χ3n) is 2.84. The van der Waals surface area contributed by atoms with Crippen LogP contribution in [0, 0.1) is 12.1 Å². The van der Waals surface area contributed by atoms with Gasteiger partial charge in [-0.3, -0.25) is 4.79 Å². The number of amides is 1. The monoisotopic (exact) mass is 320 g/mol. The Labute approximate surface area is 131 Å². The third-order valence-corrected chi connectivity index (χ3v) is 3.08. The summed E-state index contributed by atoms with van der Waals surface area (Å²) in [5.41, 5.74) is 1.17. The standard InChI is InChI=1S/C15H13ClN2O4/c1-10-5-6-11(16)8-12(10)17-14(19)9-22-15(20)13-4-2-3-7-18(13)21/h2-8H,9H2,1H3,(H,17,19). The van der Waals surface area contributed by atoms with Crippen LogP contribution in [0.3, 0.4) is 0 Å². The normalized spacial score (nSPS) is 10.1. The van der Waals surface area contributed by atoms with E-state index in [9.17, 15) is 14.8 Å². The number of halogens is 1. The number of hydrogen-bond acceptors (Lipinski definition) is 4. The molecule has 0 unspecified atom stereocenters. The van der Waals surface area contributed by atoms with Crippen LogP contribution in [-0.2, 0) is 9.53 Å². The van der Waals surface area contributed by atoms with E-state index < -0.39 is 18.5 Å². The van der Waals surface area contributed by atoms with Crippen LogP contribution in [0.4, 0.5) is 5.69 Å². The molecule has 114 valence electrons. The molecule has 2 rings (SSSR count). The van der Waals surface area contributed by atoms with Gasteiger partial charge in [0.2, 0.25) is 0 Å². The fourth-order valence-electron chi connectivity index (χ4n) is 1.71. The summed E-state index contributed by atoms with van der Waals surface area (Å²) in [5.74, 6) is -1.39. The molecule has 22 heavy (non-hydrogen) atoms. The van der Waals surface area contributed by atoms with Gasteiger partial charge < -0.3 is 15.3 Å². The van der Waals surface area contributed by atoms with E-state index in [4.69, 9.17) is 16.3 Å².